The molecular formula is C36H42N6O5. The van der Waals surface area contributed by atoms with Crippen LogP contribution in [0.3, 0.4) is 0 Å². The van der Waals surface area contributed by atoms with Gasteiger partial charge in [0, 0.05) is 33.0 Å². The van der Waals surface area contributed by atoms with Crippen molar-refractivity contribution in [3.63, 3.8) is 0 Å². The van der Waals surface area contributed by atoms with Gasteiger partial charge in [-0.15, -0.1) is 0 Å². The summed E-state index contributed by atoms with van der Waals surface area (Å²) < 4.78 is 1.90. The van der Waals surface area contributed by atoms with Gasteiger partial charge in [0.15, 0.2) is 0 Å². The monoisotopic (exact) mass is 638 g/mol. The minimum absolute atomic E-state index is 0.0106. The number of nitrogens with zero attached hydrogens (tertiary/aromatic N) is 5. The van der Waals surface area contributed by atoms with Crippen LogP contribution in [0.4, 0.5) is 5.82 Å². The van der Waals surface area contributed by atoms with Crippen molar-refractivity contribution in [1.82, 2.24) is 19.8 Å². The molecule has 246 valence electrons. The molecule has 3 atom stereocenters. The third-order valence-corrected chi connectivity index (χ3v) is 8.48. The fraction of sp³-hybridized carbons (Fsp3) is 0.361. The Bertz CT molecular complexity index is 1710. The molecular weight excluding hydrogens is 596 g/mol. The van der Waals surface area contributed by atoms with Crippen LogP contribution in [0.1, 0.15) is 50.3 Å². The molecule has 0 spiro atoms. The highest BCUT2D eigenvalue weighted by atomic mass is 16.4. The van der Waals surface area contributed by atoms with Crippen LogP contribution in [0.15, 0.2) is 79.3 Å². The van der Waals surface area contributed by atoms with Crippen LogP contribution in [0, 0.1) is 17.2 Å². The molecule has 0 aliphatic heterocycles. The molecule has 4 aromatic rings. The van der Waals surface area contributed by atoms with Crippen molar-refractivity contribution in [2.45, 2.75) is 58.8 Å². The molecule has 4 rings (SSSR count). The standard InChI is InChI=1S/C36H42N6O5/c1-4-25(2)33(42(26(3)44)35-19-38-24-41(35)20-28-14-12-27(18-37)13-15-28)22-40(23-34(45)39-32(16-17-43)36(46)47)21-30-10-7-9-29-8-5-6-11-31(29)30/h5-15,19,24-25,32-33,43H,4,16-17,20-23H2,1-3H3,(H,39,45)(H,46,47)/t25-,32-,33+/m0/s1. The van der Waals surface area contributed by atoms with E-state index in [0.29, 0.717) is 31.0 Å². The first-order valence-corrected chi connectivity index (χ1v) is 15.8. The number of carbonyl (C=O) groups is 3. The van der Waals surface area contributed by atoms with Crippen LogP contribution in [0.25, 0.3) is 10.8 Å². The average Bonchev–Trinajstić information content (AvgIpc) is 3.51. The molecule has 0 aliphatic carbocycles. The van der Waals surface area contributed by atoms with E-state index in [1.807, 2.05) is 64.1 Å². The summed E-state index contributed by atoms with van der Waals surface area (Å²) in [6, 6.07) is 21.8. The molecule has 3 N–H and O–H groups in total. The number of carbonyl (C=O) groups excluding carboxylic acids is 2. The fourth-order valence-corrected chi connectivity index (χ4v) is 5.82. The molecule has 0 radical (unpaired) electrons. The number of nitrogens with one attached hydrogen (secondary N) is 1. The Labute approximate surface area is 275 Å². The minimum Gasteiger partial charge on any atom is -0.480 e. The molecule has 1 aromatic heterocycles. The van der Waals surface area contributed by atoms with Crippen LogP contribution in [-0.2, 0) is 27.5 Å². The number of fused-ring (bicyclic) bond motifs is 1. The zero-order valence-electron chi connectivity index (χ0n) is 27.0. The van der Waals surface area contributed by atoms with E-state index in [0.717, 1.165) is 28.3 Å². The number of hydrogen-bond donors (Lipinski definition) is 3. The summed E-state index contributed by atoms with van der Waals surface area (Å²) in [5.41, 5.74) is 2.49. The van der Waals surface area contributed by atoms with E-state index in [1.165, 1.54) is 6.92 Å². The zero-order chi connectivity index (χ0) is 33.9. The van der Waals surface area contributed by atoms with Gasteiger partial charge in [0.2, 0.25) is 11.8 Å². The zero-order valence-corrected chi connectivity index (χ0v) is 27.0. The van der Waals surface area contributed by atoms with Gasteiger partial charge in [-0.25, -0.2) is 9.78 Å². The molecule has 3 aromatic carbocycles. The van der Waals surface area contributed by atoms with Gasteiger partial charge in [-0.1, -0.05) is 74.9 Å². The van der Waals surface area contributed by atoms with Gasteiger partial charge in [-0.3, -0.25) is 19.4 Å². The first-order valence-electron chi connectivity index (χ1n) is 15.8. The number of aliphatic hydroxyl groups excluding tert-OH is 1. The number of benzene rings is 3. The summed E-state index contributed by atoms with van der Waals surface area (Å²) in [6.07, 6.45) is 3.98. The fourth-order valence-electron chi connectivity index (χ4n) is 5.82. The third-order valence-electron chi connectivity index (χ3n) is 8.48. The van der Waals surface area contributed by atoms with Crippen molar-refractivity contribution in [3.05, 3.63) is 95.9 Å². The Morgan fingerprint density at radius 3 is 2.45 bits per heavy atom. The number of amides is 2. The molecule has 0 saturated carbocycles. The van der Waals surface area contributed by atoms with E-state index in [-0.39, 0.29) is 37.4 Å². The van der Waals surface area contributed by atoms with E-state index < -0.39 is 17.9 Å². The Morgan fingerprint density at radius 1 is 1.06 bits per heavy atom. The topological polar surface area (TPSA) is 152 Å². The molecule has 0 fully saturated rings. The summed E-state index contributed by atoms with van der Waals surface area (Å²) in [6.45, 7) is 6.25. The predicted octanol–water partition coefficient (Wildman–Crippen LogP) is 4.18. The van der Waals surface area contributed by atoms with Gasteiger partial charge in [0.05, 0.1) is 43.3 Å². The SMILES string of the molecule is CC[C@H](C)[C@@H](CN(CC(=O)N[C@@H](CCO)C(=O)O)Cc1cccc2ccccc12)N(C(C)=O)c1cncn1Cc1ccc(C#N)cc1. The average molecular weight is 639 g/mol. The van der Waals surface area contributed by atoms with Crippen molar-refractivity contribution in [3.8, 4) is 6.07 Å². The van der Waals surface area contributed by atoms with Gasteiger partial charge in [-0.2, -0.15) is 5.26 Å². The van der Waals surface area contributed by atoms with Gasteiger partial charge in [-0.05, 0) is 39.9 Å². The van der Waals surface area contributed by atoms with Crippen molar-refractivity contribution in [2.24, 2.45) is 5.92 Å². The highest BCUT2D eigenvalue weighted by Crippen LogP contribution is 2.27. The number of aromatic nitrogens is 2. The molecule has 2 amide bonds. The van der Waals surface area contributed by atoms with Crippen LogP contribution in [-0.4, -0.2) is 74.2 Å². The predicted molar refractivity (Wildman–Crippen MR) is 179 cm³/mol. The van der Waals surface area contributed by atoms with Crippen LogP contribution < -0.4 is 10.2 Å². The number of anilines is 1. The van der Waals surface area contributed by atoms with Crippen molar-refractivity contribution >= 4 is 34.4 Å². The summed E-state index contributed by atoms with van der Waals surface area (Å²) in [5, 5.41) is 32.8. The van der Waals surface area contributed by atoms with Crippen molar-refractivity contribution < 1.29 is 24.6 Å². The lowest BCUT2D eigenvalue weighted by molar-refractivity contribution is -0.142. The first-order chi connectivity index (χ1) is 22.6. The Kier molecular flexibility index (Phi) is 12.2. The Hall–Kier alpha value is -5.05. The van der Waals surface area contributed by atoms with Gasteiger partial charge >= 0.3 is 5.97 Å². The number of carboxylic acid groups (broad SMARTS) is 1. The number of imidazole rings is 1. The molecule has 1 heterocycles. The summed E-state index contributed by atoms with van der Waals surface area (Å²) in [7, 11) is 0. The lowest BCUT2D eigenvalue weighted by Gasteiger charge is -2.38. The summed E-state index contributed by atoms with van der Waals surface area (Å²) in [5.74, 6) is -1.27. The molecule has 47 heavy (non-hydrogen) atoms. The minimum atomic E-state index is -1.22. The van der Waals surface area contributed by atoms with Gasteiger partial charge in [0.25, 0.3) is 0 Å². The molecule has 11 heteroatoms. The molecule has 0 aliphatic rings. The number of hydrogen-bond acceptors (Lipinski definition) is 7. The number of carboxylic acids is 1. The van der Waals surface area contributed by atoms with Crippen LogP contribution in [0.5, 0.6) is 0 Å². The second-order valence-corrected chi connectivity index (χ2v) is 11.8. The number of aliphatic hydroxyl groups is 1. The maximum absolute atomic E-state index is 13.5. The quantitative estimate of drug-likeness (QED) is 0.165. The first kappa shape index (κ1) is 34.8. The molecule has 0 unspecified atom stereocenters. The molecule has 11 nitrogen and oxygen atoms in total. The van der Waals surface area contributed by atoms with E-state index in [1.54, 1.807) is 29.6 Å². The lowest BCUT2D eigenvalue weighted by atomic mass is 9.96. The van der Waals surface area contributed by atoms with Crippen LogP contribution >= 0.6 is 0 Å². The normalized spacial score (nSPS) is 13.1. The van der Waals surface area contributed by atoms with Crippen molar-refractivity contribution in [2.75, 3.05) is 24.6 Å². The van der Waals surface area contributed by atoms with E-state index in [2.05, 4.69) is 30.2 Å². The highest BCUT2D eigenvalue weighted by molar-refractivity contribution is 5.91. The lowest BCUT2D eigenvalue weighted by Crippen LogP contribution is -2.52. The van der Waals surface area contributed by atoms with E-state index >= 15 is 0 Å². The third kappa shape index (κ3) is 9.03. The van der Waals surface area contributed by atoms with E-state index in [4.69, 9.17) is 0 Å². The second-order valence-electron chi connectivity index (χ2n) is 11.8. The number of rotatable bonds is 16. The Morgan fingerprint density at radius 2 is 1.79 bits per heavy atom. The van der Waals surface area contributed by atoms with Crippen molar-refractivity contribution in [1.29, 1.82) is 5.26 Å². The summed E-state index contributed by atoms with van der Waals surface area (Å²) in [4.78, 5) is 46.6. The van der Waals surface area contributed by atoms with Gasteiger partial charge < -0.3 is 20.1 Å². The Balaban J connectivity index is 1.70. The maximum Gasteiger partial charge on any atom is 0.326 e. The van der Waals surface area contributed by atoms with Gasteiger partial charge in [0.1, 0.15) is 11.9 Å². The second kappa shape index (κ2) is 16.5. The number of aliphatic carboxylic acids is 1. The summed E-state index contributed by atoms with van der Waals surface area (Å²) >= 11 is 0. The molecule has 0 saturated heterocycles. The van der Waals surface area contributed by atoms with Crippen LogP contribution in [0.2, 0.25) is 0 Å². The maximum atomic E-state index is 13.5. The van der Waals surface area contributed by atoms with E-state index in [9.17, 15) is 29.9 Å². The number of nitriles is 1. The largest absolute Gasteiger partial charge is 0.480 e. The smallest absolute Gasteiger partial charge is 0.326 e. The highest BCUT2D eigenvalue weighted by Gasteiger charge is 2.32. The molecule has 0 bridgehead atoms.